The van der Waals surface area contributed by atoms with E-state index in [0.29, 0.717) is 24.3 Å². The molecule has 0 saturated carbocycles. The molecule has 3 rings (SSSR count). The number of hydrogen-bond acceptors (Lipinski definition) is 3. The number of carbonyl (C=O) groups is 1. The van der Waals surface area contributed by atoms with E-state index in [1.807, 2.05) is 46.8 Å². The summed E-state index contributed by atoms with van der Waals surface area (Å²) in [4.78, 5) is 14.3. The number of ether oxygens (including phenoxy) is 1. The van der Waals surface area contributed by atoms with E-state index in [-0.39, 0.29) is 11.9 Å². The summed E-state index contributed by atoms with van der Waals surface area (Å²) < 4.78 is 6.25. The zero-order valence-corrected chi connectivity index (χ0v) is 17.2. The number of nitrogens with one attached hydrogen (secondary N) is 1. The lowest BCUT2D eigenvalue weighted by Gasteiger charge is -2.37. The van der Waals surface area contributed by atoms with Gasteiger partial charge in [-0.05, 0) is 62.9 Å². The zero-order valence-electron chi connectivity index (χ0n) is 17.2. The predicted octanol–water partition coefficient (Wildman–Crippen LogP) is 5.03. The molecular weight excluding hydrogens is 352 g/mol. The molecule has 148 valence electrons. The minimum atomic E-state index is -0.666. The first-order valence-electron chi connectivity index (χ1n) is 9.58. The smallest absolute Gasteiger partial charge is 0.327 e. The van der Waals surface area contributed by atoms with Gasteiger partial charge in [0.2, 0.25) is 6.23 Å². The Balaban J connectivity index is 1.98. The van der Waals surface area contributed by atoms with Crippen LogP contribution in [0.2, 0.25) is 0 Å². The molecular formula is C23H28N2O3. The maximum atomic E-state index is 12.7. The summed E-state index contributed by atoms with van der Waals surface area (Å²) in [5, 5.41) is 12.9. The van der Waals surface area contributed by atoms with Gasteiger partial charge in [-0.2, -0.15) is 0 Å². The Hall–Kier alpha value is -2.95. The van der Waals surface area contributed by atoms with E-state index in [1.54, 1.807) is 4.90 Å². The molecule has 0 saturated heterocycles. The van der Waals surface area contributed by atoms with Crippen molar-refractivity contribution in [1.29, 1.82) is 0 Å². The number of urea groups is 1. The number of carbonyl (C=O) groups excluding carboxylic acids is 1. The van der Waals surface area contributed by atoms with E-state index < -0.39 is 6.23 Å². The predicted molar refractivity (Wildman–Crippen MR) is 110 cm³/mol. The monoisotopic (exact) mass is 380 g/mol. The van der Waals surface area contributed by atoms with Crippen LogP contribution >= 0.6 is 0 Å². The Labute approximate surface area is 166 Å². The minimum absolute atomic E-state index is 0.112. The quantitative estimate of drug-likeness (QED) is 0.765. The van der Waals surface area contributed by atoms with E-state index in [2.05, 4.69) is 29.6 Å². The van der Waals surface area contributed by atoms with Gasteiger partial charge in [0.25, 0.3) is 0 Å². The molecule has 5 nitrogen and oxygen atoms in total. The van der Waals surface area contributed by atoms with Gasteiger partial charge < -0.3 is 9.84 Å². The molecule has 0 aliphatic carbocycles. The first-order valence-corrected chi connectivity index (χ1v) is 9.58. The van der Waals surface area contributed by atoms with Gasteiger partial charge in [0.15, 0.2) is 5.88 Å². The number of rotatable bonds is 5. The van der Waals surface area contributed by atoms with Crippen LogP contribution in [0.25, 0.3) is 0 Å². The van der Waals surface area contributed by atoms with Crippen LogP contribution in [0.3, 0.4) is 0 Å². The van der Waals surface area contributed by atoms with Gasteiger partial charge in [-0.3, -0.25) is 10.2 Å². The van der Waals surface area contributed by atoms with Gasteiger partial charge in [-0.1, -0.05) is 42.3 Å². The zero-order chi connectivity index (χ0) is 20.4. The molecule has 28 heavy (non-hydrogen) atoms. The summed E-state index contributed by atoms with van der Waals surface area (Å²) in [5.41, 5.74) is 6.15. The molecule has 0 aromatic heterocycles. The molecule has 2 aromatic carbocycles. The lowest BCUT2D eigenvalue weighted by atomic mass is 10.1. The number of aryl methyl sites for hydroxylation is 4. The number of hydrogen-bond donors (Lipinski definition) is 2. The largest absolute Gasteiger partial charge is 0.494 e. The molecule has 2 N–H and O–H groups in total. The Morgan fingerprint density at radius 2 is 1.50 bits per heavy atom. The van der Waals surface area contributed by atoms with Gasteiger partial charge in [-0.25, -0.2) is 4.79 Å². The Morgan fingerprint density at radius 3 is 2.04 bits per heavy atom. The summed E-state index contributed by atoms with van der Waals surface area (Å²) in [6, 6.07) is 11.8. The van der Waals surface area contributed by atoms with Crippen molar-refractivity contribution in [3.63, 3.8) is 0 Å². The van der Waals surface area contributed by atoms with E-state index in [1.165, 1.54) is 0 Å². The van der Waals surface area contributed by atoms with Gasteiger partial charge in [-0.15, -0.1) is 0 Å². The van der Waals surface area contributed by atoms with Crippen LogP contribution in [0.15, 0.2) is 47.9 Å². The third kappa shape index (κ3) is 4.30. The third-order valence-corrected chi connectivity index (χ3v) is 4.83. The second kappa shape index (κ2) is 7.97. The van der Waals surface area contributed by atoms with Crippen molar-refractivity contribution in [2.75, 3.05) is 0 Å². The number of aliphatic hydroxyl groups excluding tert-OH is 1. The molecule has 1 unspecified atom stereocenters. The SMILES string of the molecule is CCC1=C(O)NC(=O)N(Cc2cc(C)cc(C)c2)C1Oc1cc(C)cc(C)c1. The van der Waals surface area contributed by atoms with Crippen LogP contribution in [0.4, 0.5) is 4.79 Å². The van der Waals surface area contributed by atoms with Crippen LogP contribution in [0.1, 0.15) is 41.2 Å². The van der Waals surface area contributed by atoms with Crippen molar-refractivity contribution in [2.24, 2.45) is 0 Å². The van der Waals surface area contributed by atoms with Crippen molar-refractivity contribution in [3.8, 4) is 5.75 Å². The van der Waals surface area contributed by atoms with Crippen molar-refractivity contribution >= 4 is 6.03 Å². The second-order valence-electron chi connectivity index (χ2n) is 7.58. The van der Waals surface area contributed by atoms with Crippen molar-refractivity contribution in [2.45, 2.75) is 53.8 Å². The lowest BCUT2D eigenvalue weighted by molar-refractivity contribution is 0.0550. The highest BCUT2D eigenvalue weighted by Gasteiger charge is 2.35. The average molecular weight is 380 g/mol. The van der Waals surface area contributed by atoms with Crippen LogP contribution in [-0.4, -0.2) is 22.3 Å². The number of aliphatic hydroxyl groups is 1. The summed E-state index contributed by atoms with van der Waals surface area (Å²) in [7, 11) is 0. The van der Waals surface area contributed by atoms with Crippen LogP contribution in [-0.2, 0) is 6.54 Å². The Kier molecular flexibility index (Phi) is 5.63. The van der Waals surface area contributed by atoms with Crippen LogP contribution < -0.4 is 10.1 Å². The van der Waals surface area contributed by atoms with Crippen LogP contribution in [0, 0.1) is 27.7 Å². The first kappa shape index (κ1) is 19.8. The fraction of sp³-hybridized carbons (Fsp3) is 0.348. The molecule has 5 heteroatoms. The number of amides is 2. The molecule has 1 aliphatic heterocycles. The molecule has 0 bridgehead atoms. The summed E-state index contributed by atoms with van der Waals surface area (Å²) in [6.07, 6.45) is -0.106. The molecule has 1 heterocycles. The number of benzene rings is 2. The molecule has 0 spiro atoms. The normalized spacial score (nSPS) is 17.0. The molecule has 0 fully saturated rings. The summed E-state index contributed by atoms with van der Waals surface area (Å²) >= 11 is 0. The fourth-order valence-electron chi connectivity index (χ4n) is 3.78. The Morgan fingerprint density at radius 1 is 0.964 bits per heavy atom. The van der Waals surface area contributed by atoms with Crippen molar-refractivity contribution < 1.29 is 14.6 Å². The fourth-order valence-corrected chi connectivity index (χ4v) is 3.78. The average Bonchev–Trinajstić information content (AvgIpc) is 2.56. The van der Waals surface area contributed by atoms with Crippen LogP contribution in [0.5, 0.6) is 5.75 Å². The standard InChI is InChI=1S/C23H28N2O3/c1-6-20-21(26)24-23(27)25(13-18-9-14(2)7-15(3)10-18)22(20)28-19-11-16(4)8-17(5)12-19/h7-12,22,26H,6,13H2,1-5H3,(H,24,27). The third-order valence-electron chi connectivity index (χ3n) is 4.83. The van der Waals surface area contributed by atoms with E-state index in [9.17, 15) is 9.90 Å². The highest BCUT2D eigenvalue weighted by molar-refractivity contribution is 5.78. The maximum absolute atomic E-state index is 12.7. The Bertz CT molecular complexity index is 893. The lowest BCUT2D eigenvalue weighted by Crippen LogP contribution is -2.53. The van der Waals surface area contributed by atoms with Gasteiger partial charge >= 0.3 is 6.03 Å². The van der Waals surface area contributed by atoms with Gasteiger partial charge in [0.05, 0.1) is 12.1 Å². The maximum Gasteiger partial charge on any atom is 0.327 e. The topological polar surface area (TPSA) is 61.8 Å². The van der Waals surface area contributed by atoms with Crippen molar-refractivity contribution in [3.05, 3.63) is 75.7 Å². The van der Waals surface area contributed by atoms with Gasteiger partial charge in [0.1, 0.15) is 5.75 Å². The summed E-state index contributed by atoms with van der Waals surface area (Å²) in [6.45, 7) is 10.4. The molecule has 1 aliphatic rings. The minimum Gasteiger partial charge on any atom is -0.494 e. The highest BCUT2D eigenvalue weighted by Crippen LogP contribution is 2.28. The van der Waals surface area contributed by atoms with Crippen molar-refractivity contribution in [1.82, 2.24) is 10.2 Å². The highest BCUT2D eigenvalue weighted by atomic mass is 16.5. The first-order chi connectivity index (χ1) is 13.3. The molecule has 2 amide bonds. The number of nitrogens with zero attached hydrogens (tertiary/aromatic N) is 1. The van der Waals surface area contributed by atoms with E-state index in [4.69, 9.17) is 4.74 Å². The van der Waals surface area contributed by atoms with E-state index in [0.717, 1.165) is 27.8 Å². The van der Waals surface area contributed by atoms with Gasteiger partial charge in [0, 0.05) is 0 Å². The second-order valence-corrected chi connectivity index (χ2v) is 7.58. The molecule has 1 atom stereocenters. The molecule has 0 radical (unpaired) electrons. The van der Waals surface area contributed by atoms with E-state index >= 15 is 0 Å². The molecule has 2 aromatic rings. The summed E-state index contributed by atoms with van der Waals surface area (Å²) in [5.74, 6) is 0.569.